The van der Waals surface area contributed by atoms with E-state index in [2.05, 4.69) is 9.47 Å². The number of esters is 2. The van der Waals surface area contributed by atoms with Crippen molar-refractivity contribution in [2.45, 2.75) is 53.6 Å². The number of Topliss-reactive ketones (excluding diaryl/α,β-unsaturated/α-hetero) is 1. The average molecular weight is 318 g/mol. The van der Waals surface area contributed by atoms with Gasteiger partial charge in [-0.25, -0.2) is 0 Å². The molecular formula is C16H30O6. The minimum atomic E-state index is -0.951. The van der Waals surface area contributed by atoms with Crippen LogP contribution in [0.15, 0.2) is 0 Å². The topological polar surface area (TPSA) is 89.9 Å². The predicted molar refractivity (Wildman–Crippen MR) is 83.1 cm³/mol. The maximum absolute atomic E-state index is 10.9. The Balaban J connectivity index is 0. The molecule has 0 unspecified atom stereocenters. The molecule has 22 heavy (non-hydrogen) atoms. The monoisotopic (exact) mass is 318 g/mol. The van der Waals surface area contributed by atoms with Crippen LogP contribution in [-0.2, 0) is 23.9 Å². The number of hydrogen-bond donors (Lipinski definition) is 1. The summed E-state index contributed by atoms with van der Waals surface area (Å²) < 4.78 is 8.99. The van der Waals surface area contributed by atoms with Gasteiger partial charge < -0.3 is 14.6 Å². The lowest BCUT2D eigenvalue weighted by atomic mass is 9.88. The van der Waals surface area contributed by atoms with Crippen molar-refractivity contribution in [1.82, 2.24) is 0 Å². The Morgan fingerprint density at radius 2 is 1.41 bits per heavy atom. The number of carbonyl (C=O) groups excluding carboxylic acids is 3. The molecule has 130 valence electrons. The third-order valence-corrected chi connectivity index (χ3v) is 4.17. The molecule has 0 saturated heterocycles. The number of aliphatic hydroxyl groups is 1. The average Bonchev–Trinajstić information content (AvgIpc) is 2.51. The molecule has 0 fully saturated rings. The molecule has 0 saturated carbocycles. The van der Waals surface area contributed by atoms with Gasteiger partial charge in [0.15, 0.2) is 0 Å². The molecule has 0 aliphatic carbocycles. The lowest BCUT2D eigenvalue weighted by Gasteiger charge is -2.26. The van der Waals surface area contributed by atoms with Crippen molar-refractivity contribution in [3.8, 4) is 0 Å². The van der Waals surface area contributed by atoms with Gasteiger partial charge in [0.2, 0.25) is 0 Å². The van der Waals surface area contributed by atoms with Crippen LogP contribution in [0.1, 0.15) is 48.0 Å². The van der Waals surface area contributed by atoms with Gasteiger partial charge in [0.1, 0.15) is 5.78 Å². The lowest BCUT2D eigenvalue weighted by molar-refractivity contribution is -0.153. The van der Waals surface area contributed by atoms with Crippen LogP contribution in [0, 0.1) is 17.8 Å². The molecule has 4 atom stereocenters. The molecule has 1 N–H and O–H groups in total. The van der Waals surface area contributed by atoms with Crippen LogP contribution >= 0.6 is 0 Å². The van der Waals surface area contributed by atoms with Gasteiger partial charge in [0.25, 0.3) is 0 Å². The molecule has 6 nitrogen and oxygen atoms in total. The number of carbonyl (C=O) groups is 3. The highest BCUT2D eigenvalue weighted by atomic mass is 16.5. The van der Waals surface area contributed by atoms with Crippen LogP contribution < -0.4 is 0 Å². The molecule has 0 bridgehead atoms. The Morgan fingerprint density at radius 1 is 1.00 bits per heavy atom. The highest BCUT2D eigenvalue weighted by molar-refractivity contribution is 5.84. The first-order valence-electron chi connectivity index (χ1n) is 7.34. The summed E-state index contributed by atoms with van der Waals surface area (Å²) in [5, 5.41) is 9.59. The Bertz CT molecular complexity index is 375. The van der Waals surface area contributed by atoms with E-state index in [-0.39, 0.29) is 29.6 Å². The number of methoxy groups -OCH3 is 2. The first-order chi connectivity index (χ1) is 9.95. The maximum atomic E-state index is 10.9. The predicted octanol–water partition coefficient (Wildman–Crippen LogP) is 1.98. The standard InChI is InChI=1S/C8H16O3.C8H14O3/c1-5-8(3,10)6(2)7(9)11-4;1-5(7(3)9)6(2)8(10)11-4/h6,10H,5H2,1-4H3;5-6H,1-4H3/t6-,8-;5-,6+/m11/s1. The normalized spacial score (nSPS) is 17.0. The second-order valence-electron chi connectivity index (χ2n) is 5.67. The van der Waals surface area contributed by atoms with E-state index in [0.717, 1.165) is 0 Å². The fraction of sp³-hybridized carbons (Fsp3) is 0.812. The largest absolute Gasteiger partial charge is 0.469 e. The van der Waals surface area contributed by atoms with E-state index in [1.165, 1.54) is 21.1 Å². The van der Waals surface area contributed by atoms with Crippen LogP contribution in [0.25, 0.3) is 0 Å². The fourth-order valence-corrected chi connectivity index (χ4v) is 1.48. The zero-order valence-electron chi connectivity index (χ0n) is 14.9. The zero-order chi connectivity index (χ0) is 18.1. The zero-order valence-corrected chi connectivity index (χ0v) is 14.9. The van der Waals surface area contributed by atoms with E-state index in [1.807, 2.05) is 6.92 Å². The second-order valence-corrected chi connectivity index (χ2v) is 5.67. The Morgan fingerprint density at radius 3 is 1.68 bits per heavy atom. The molecule has 0 aromatic carbocycles. The third kappa shape index (κ3) is 7.54. The smallest absolute Gasteiger partial charge is 0.311 e. The van der Waals surface area contributed by atoms with Gasteiger partial charge >= 0.3 is 11.9 Å². The van der Waals surface area contributed by atoms with E-state index in [4.69, 9.17) is 0 Å². The molecule has 0 aliphatic rings. The minimum absolute atomic E-state index is 0.0166. The molecule has 0 aliphatic heterocycles. The summed E-state index contributed by atoms with van der Waals surface area (Å²) in [7, 11) is 2.65. The summed E-state index contributed by atoms with van der Waals surface area (Å²) in [6.45, 7) is 10.0. The molecule has 0 amide bonds. The van der Waals surface area contributed by atoms with E-state index < -0.39 is 11.5 Å². The van der Waals surface area contributed by atoms with Crippen molar-refractivity contribution in [3.05, 3.63) is 0 Å². The van der Waals surface area contributed by atoms with Crippen molar-refractivity contribution in [2.75, 3.05) is 14.2 Å². The van der Waals surface area contributed by atoms with Crippen molar-refractivity contribution in [3.63, 3.8) is 0 Å². The number of ketones is 1. The maximum Gasteiger partial charge on any atom is 0.311 e. The summed E-state index contributed by atoms with van der Waals surface area (Å²) in [4.78, 5) is 32.6. The van der Waals surface area contributed by atoms with Crippen molar-refractivity contribution >= 4 is 17.7 Å². The van der Waals surface area contributed by atoms with Crippen LogP contribution in [0.5, 0.6) is 0 Å². The quantitative estimate of drug-likeness (QED) is 0.753. The molecular weight excluding hydrogens is 288 g/mol. The minimum Gasteiger partial charge on any atom is -0.469 e. The third-order valence-electron chi connectivity index (χ3n) is 4.17. The molecule has 0 rings (SSSR count). The number of ether oxygens (including phenoxy) is 2. The van der Waals surface area contributed by atoms with E-state index in [1.54, 1.807) is 27.7 Å². The Labute approximate surface area is 133 Å². The van der Waals surface area contributed by atoms with Gasteiger partial charge in [-0.15, -0.1) is 0 Å². The highest BCUT2D eigenvalue weighted by Gasteiger charge is 2.32. The summed E-state index contributed by atoms with van der Waals surface area (Å²) in [6, 6.07) is 0. The van der Waals surface area contributed by atoms with Crippen LogP contribution in [0.2, 0.25) is 0 Å². The summed E-state index contributed by atoms with van der Waals surface area (Å²) in [6.07, 6.45) is 0.545. The van der Waals surface area contributed by atoms with Crippen molar-refractivity contribution < 1.29 is 29.0 Å². The second kappa shape index (κ2) is 10.3. The van der Waals surface area contributed by atoms with E-state index in [9.17, 15) is 19.5 Å². The van der Waals surface area contributed by atoms with Crippen molar-refractivity contribution in [1.29, 1.82) is 0 Å². The van der Waals surface area contributed by atoms with Gasteiger partial charge in [0.05, 0.1) is 31.7 Å². The van der Waals surface area contributed by atoms with Gasteiger partial charge in [-0.3, -0.25) is 14.4 Å². The van der Waals surface area contributed by atoms with Crippen LogP contribution in [-0.4, -0.2) is 42.6 Å². The Kier molecular flexibility index (Phi) is 10.7. The summed E-state index contributed by atoms with van der Waals surface area (Å²) in [5.41, 5.74) is -0.951. The number of rotatable bonds is 6. The van der Waals surface area contributed by atoms with Gasteiger partial charge in [-0.05, 0) is 27.2 Å². The highest BCUT2D eigenvalue weighted by Crippen LogP contribution is 2.21. The SMILES string of the molecule is CC[C@@](C)(O)[C@H](C)C(=O)OC.COC(=O)[C@@H](C)[C@@H](C)C(C)=O. The first kappa shape index (κ1) is 22.8. The molecule has 6 heteroatoms. The Hall–Kier alpha value is -1.43. The van der Waals surface area contributed by atoms with Gasteiger partial charge in [0, 0.05) is 5.92 Å². The lowest BCUT2D eigenvalue weighted by Crippen LogP contribution is -2.37. The molecule has 0 heterocycles. The van der Waals surface area contributed by atoms with Crippen molar-refractivity contribution in [2.24, 2.45) is 17.8 Å². The van der Waals surface area contributed by atoms with E-state index >= 15 is 0 Å². The van der Waals surface area contributed by atoms with Crippen LogP contribution in [0.4, 0.5) is 0 Å². The molecule has 0 aromatic heterocycles. The van der Waals surface area contributed by atoms with Crippen LogP contribution in [0.3, 0.4) is 0 Å². The molecule has 0 radical (unpaired) electrons. The first-order valence-corrected chi connectivity index (χ1v) is 7.34. The fourth-order valence-electron chi connectivity index (χ4n) is 1.48. The number of hydrogen-bond acceptors (Lipinski definition) is 6. The van der Waals surface area contributed by atoms with Gasteiger partial charge in [-0.2, -0.15) is 0 Å². The molecule has 0 aromatic rings. The van der Waals surface area contributed by atoms with E-state index in [0.29, 0.717) is 6.42 Å². The summed E-state index contributed by atoms with van der Waals surface area (Å²) in [5.74, 6) is -1.72. The summed E-state index contributed by atoms with van der Waals surface area (Å²) >= 11 is 0. The molecule has 0 spiro atoms. The van der Waals surface area contributed by atoms with Gasteiger partial charge in [-0.1, -0.05) is 20.8 Å².